The van der Waals surface area contributed by atoms with E-state index in [1.807, 2.05) is 24.3 Å². The zero-order valence-corrected chi connectivity index (χ0v) is 14.2. The third-order valence-electron chi connectivity index (χ3n) is 4.53. The van der Waals surface area contributed by atoms with Crippen molar-refractivity contribution in [3.8, 4) is 11.5 Å². The van der Waals surface area contributed by atoms with Gasteiger partial charge < -0.3 is 14.8 Å². The molecule has 2 N–H and O–H groups in total. The Bertz CT molecular complexity index is 698. The minimum absolute atomic E-state index is 0.148. The average molecular weight is 328 g/mol. The molecule has 1 aliphatic rings. The van der Waals surface area contributed by atoms with Crippen LogP contribution in [0.1, 0.15) is 57.6 Å². The molecule has 0 saturated heterocycles. The highest BCUT2D eigenvalue weighted by molar-refractivity contribution is 5.91. The minimum Gasteiger partial charge on any atom is -0.441 e. The number of rotatable bonds is 5. The van der Waals surface area contributed by atoms with Crippen molar-refractivity contribution in [2.45, 2.75) is 57.5 Å². The fourth-order valence-electron chi connectivity index (χ4n) is 3.10. The Morgan fingerprint density at radius 1 is 1.29 bits per heavy atom. The number of aromatic nitrogens is 1. The van der Waals surface area contributed by atoms with E-state index in [0.717, 1.165) is 24.2 Å². The standard InChI is InChI=1S/C19H24N2O3/c1-13(2)16-12-20-18(24-16)14-5-7-15(8-6-14)21-17(22)11-19(23)9-3-4-10-19/h5-8,12-13,23H,3-4,9-11H2,1-2H3,(H,21,22). The SMILES string of the molecule is CC(C)c1cnc(-c2ccc(NC(=O)CC3(O)CCCC3)cc2)o1. The summed E-state index contributed by atoms with van der Waals surface area (Å²) in [5.41, 5.74) is 0.755. The smallest absolute Gasteiger partial charge is 0.227 e. The van der Waals surface area contributed by atoms with Crippen LogP contribution in [0, 0.1) is 0 Å². The van der Waals surface area contributed by atoms with Crippen molar-refractivity contribution >= 4 is 11.6 Å². The number of hydrogen-bond acceptors (Lipinski definition) is 4. The highest BCUT2D eigenvalue weighted by Crippen LogP contribution is 2.32. The predicted molar refractivity (Wildman–Crippen MR) is 92.7 cm³/mol. The van der Waals surface area contributed by atoms with Crippen LogP contribution in [0.3, 0.4) is 0 Å². The highest BCUT2D eigenvalue weighted by Gasteiger charge is 2.33. The molecule has 1 amide bonds. The molecule has 3 rings (SSSR count). The largest absolute Gasteiger partial charge is 0.441 e. The summed E-state index contributed by atoms with van der Waals surface area (Å²) in [6.45, 7) is 4.11. The van der Waals surface area contributed by atoms with Gasteiger partial charge in [-0.15, -0.1) is 0 Å². The first-order chi connectivity index (χ1) is 11.5. The fraction of sp³-hybridized carbons (Fsp3) is 0.474. The molecule has 24 heavy (non-hydrogen) atoms. The molecule has 5 nitrogen and oxygen atoms in total. The van der Waals surface area contributed by atoms with Crippen LogP contribution in [0.25, 0.3) is 11.5 Å². The zero-order valence-electron chi connectivity index (χ0n) is 14.2. The van der Waals surface area contributed by atoms with E-state index < -0.39 is 5.60 Å². The molecule has 5 heteroatoms. The van der Waals surface area contributed by atoms with Gasteiger partial charge in [-0.05, 0) is 37.1 Å². The molecule has 128 valence electrons. The third-order valence-corrected chi connectivity index (χ3v) is 4.53. The zero-order chi connectivity index (χ0) is 17.2. The lowest BCUT2D eigenvalue weighted by atomic mass is 9.97. The van der Waals surface area contributed by atoms with Gasteiger partial charge in [-0.2, -0.15) is 0 Å². The topological polar surface area (TPSA) is 75.4 Å². The number of carbonyl (C=O) groups excluding carboxylic acids is 1. The van der Waals surface area contributed by atoms with E-state index >= 15 is 0 Å². The number of amides is 1. The first kappa shape index (κ1) is 16.7. The quantitative estimate of drug-likeness (QED) is 0.866. The Balaban J connectivity index is 1.62. The molecule has 0 aliphatic heterocycles. The van der Waals surface area contributed by atoms with Crippen LogP contribution in [0.15, 0.2) is 34.9 Å². The van der Waals surface area contributed by atoms with E-state index in [9.17, 15) is 9.90 Å². The molecule has 1 fully saturated rings. The summed E-state index contributed by atoms with van der Waals surface area (Å²) < 4.78 is 5.72. The number of aliphatic hydroxyl groups is 1. The number of nitrogens with one attached hydrogen (secondary N) is 1. The van der Waals surface area contributed by atoms with Crippen molar-refractivity contribution < 1.29 is 14.3 Å². The second-order valence-electron chi connectivity index (χ2n) is 6.96. The molecule has 1 aromatic heterocycles. The second-order valence-corrected chi connectivity index (χ2v) is 6.96. The second kappa shape index (κ2) is 6.77. The molecule has 0 unspecified atom stereocenters. The molecular weight excluding hydrogens is 304 g/mol. The monoisotopic (exact) mass is 328 g/mol. The van der Waals surface area contributed by atoms with Crippen LogP contribution < -0.4 is 5.32 Å². The van der Waals surface area contributed by atoms with Gasteiger partial charge >= 0.3 is 0 Å². The normalized spacial score (nSPS) is 16.5. The van der Waals surface area contributed by atoms with Crippen molar-refractivity contribution in [2.24, 2.45) is 0 Å². The summed E-state index contributed by atoms with van der Waals surface area (Å²) in [5, 5.41) is 13.1. The summed E-state index contributed by atoms with van der Waals surface area (Å²) >= 11 is 0. The van der Waals surface area contributed by atoms with Gasteiger partial charge in [0.2, 0.25) is 11.8 Å². The lowest BCUT2D eigenvalue weighted by molar-refractivity contribution is -0.120. The van der Waals surface area contributed by atoms with Gasteiger partial charge in [0.25, 0.3) is 0 Å². The first-order valence-corrected chi connectivity index (χ1v) is 8.54. The summed E-state index contributed by atoms with van der Waals surface area (Å²) in [5.74, 6) is 1.58. The maximum absolute atomic E-state index is 12.1. The predicted octanol–water partition coefficient (Wildman–Crippen LogP) is 4.10. The fourth-order valence-corrected chi connectivity index (χ4v) is 3.10. The van der Waals surface area contributed by atoms with Crippen LogP contribution in [0.2, 0.25) is 0 Å². The molecular formula is C19H24N2O3. The Morgan fingerprint density at radius 2 is 1.96 bits per heavy atom. The van der Waals surface area contributed by atoms with Gasteiger partial charge in [-0.3, -0.25) is 4.79 Å². The molecule has 1 saturated carbocycles. The lowest BCUT2D eigenvalue weighted by Gasteiger charge is -2.21. The van der Waals surface area contributed by atoms with Crippen molar-refractivity contribution in [1.82, 2.24) is 4.98 Å². The molecule has 1 heterocycles. The number of anilines is 1. The Labute approximate surface area is 142 Å². The number of oxazole rings is 1. The average Bonchev–Trinajstić information content (AvgIpc) is 3.17. The Morgan fingerprint density at radius 3 is 2.54 bits per heavy atom. The van der Waals surface area contributed by atoms with Crippen LogP contribution in [-0.2, 0) is 4.79 Å². The van der Waals surface area contributed by atoms with Crippen LogP contribution in [0.5, 0.6) is 0 Å². The summed E-state index contributed by atoms with van der Waals surface area (Å²) in [4.78, 5) is 16.4. The van der Waals surface area contributed by atoms with Crippen LogP contribution >= 0.6 is 0 Å². The maximum atomic E-state index is 12.1. The summed E-state index contributed by atoms with van der Waals surface area (Å²) in [6, 6.07) is 7.39. The van der Waals surface area contributed by atoms with Gasteiger partial charge in [0.1, 0.15) is 5.76 Å². The van der Waals surface area contributed by atoms with Crippen molar-refractivity contribution in [1.29, 1.82) is 0 Å². The van der Waals surface area contributed by atoms with E-state index in [2.05, 4.69) is 24.1 Å². The minimum atomic E-state index is -0.824. The Kier molecular flexibility index (Phi) is 4.71. The third kappa shape index (κ3) is 3.85. The Hall–Kier alpha value is -2.14. The van der Waals surface area contributed by atoms with Crippen LogP contribution in [-0.4, -0.2) is 21.6 Å². The number of benzene rings is 1. The van der Waals surface area contributed by atoms with Crippen molar-refractivity contribution in [2.75, 3.05) is 5.32 Å². The van der Waals surface area contributed by atoms with Crippen molar-refractivity contribution in [3.05, 3.63) is 36.2 Å². The number of carbonyl (C=O) groups is 1. The van der Waals surface area contributed by atoms with E-state index in [1.54, 1.807) is 6.20 Å². The van der Waals surface area contributed by atoms with Gasteiger partial charge in [0, 0.05) is 17.2 Å². The first-order valence-electron chi connectivity index (χ1n) is 8.54. The number of nitrogens with zero attached hydrogens (tertiary/aromatic N) is 1. The van der Waals surface area contributed by atoms with Gasteiger partial charge in [0.05, 0.1) is 18.2 Å². The molecule has 0 bridgehead atoms. The van der Waals surface area contributed by atoms with E-state index in [4.69, 9.17) is 4.42 Å². The van der Waals surface area contributed by atoms with Gasteiger partial charge in [-0.1, -0.05) is 26.7 Å². The van der Waals surface area contributed by atoms with Gasteiger partial charge in [0.15, 0.2) is 0 Å². The van der Waals surface area contributed by atoms with Gasteiger partial charge in [-0.25, -0.2) is 4.98 Å². The summed E-state index contributed by atoms with van der Waals surface area (Å²) in [7, 11) is 0. The highest BCUT2D eigenvalue weighted by atomic mass is 16.4. The van der Waals surface area contributed by atoms with E-state index in [0.29, 0.717) is 30.3 Å². The van der Waals surface area contributed by atoms with Crippen LogP contribution in [0.4, 0.5) is 5.69 Å². The molecule has 0 atom stereocenters. The molecule has 2 aromatic rings. The number of hydrogen-bond donors (Lipinski definition) is 2. The molecule has 0 spiro atoms. The van der Waals surface area contributed by atoms with E-state index in [1.165, 1.54) is 0 Å². The van der Waals surface area contributed by atoms with Crippen molar-refractivity contribution in [3.63, 3.8) is 0 Å². The lowest BCUT2D eigenvalue weighted by Crippen LogP contribution is -2.30. The molecule has 1 aromatic carbocycles. The summed E-state index contributed by atoms with van der Waals surface area (Å²) in [6.07, 6.45) is 5.31. The van der Waals surface area contributed by atoms with E-state index in [-0.39, 0.29) is 12.3 Å². The molecule has 1 aliphatic carbocycles. The molecule has 0 radical (unpaired) electrons. The maximum Gasteiger partial charge on any atom is 0.227 e.